The Kier molecular flexibility index (Phi) is 7.45. The summed E-state index contributed by atoms with van der Waals surface area (Å²) in [5.41, 5.74) is 0.288. The Labute approximate surface area is 128 Å². The molecule has 1 aromatic rings. The molecule has 118 valence electrons. The number of carbonyl (C=O) groups is 1. The van der Waals surface area contributed by atoms with Crippen molar-refractivity contribution in [2.75, 3.05) is 12.4 Å². The molecule has 21 heavy (non-hydrogen) atoms. The van der Waals surface area contributed by atoms with Crippen LogP contribution in [-0.4, -0.2) is 34.4 Å². The molecule has 0 unspecified atom stereocenters. The highest BCUT2D eigenvalue weighted by Gasteiger charge is 2.08. The number of aromatic nitrogens is 2. The molecule has 0 radical (unpaired) electrons. The van der Waals surface area contributed by atoms with Crippen LogP contribution in [0.15, 0.2) is 16.0 Å². The molecule has 0 fully saturated rings. The average molecular weight is 314 g/mol. The molecule has 0 amide bonds. The fourth-order valence-electron chi connectivity index (χ4n) is 1.31. The fraction of sp³-hybridized carbons (Fsp3) is 0.643. The molecule has 7 heteroatoms. The van der Waals surface area contributed by atoms with Crippen molar-refractivity contribution in [3.05, 3.63) is 22.1 Å². The highest BCUT2D eigenvalue weighted by Crippen LogP contribution is 2.12. The van der Waals surface area contributed by atoms with Gasteiger partial charge in [-0.1, -0.05) is 25.6 Å². The van der Waals surface area contributed by atoms with Crippen molar-refractivity contribution in [1.29, 1.82) is 0 Å². The summed E-state index contributed by atoms with van der Waals surface area (Å²) in [5.74, 6) is 0.0954. The van der Waals surface area contributed by atoms with Crippen molar-refractivity contribution in [3.8, 4) is 0 Å². The largest absolute Gasteiger partial charge is 0.465 e. The number of nitrogens with zero attached hydrogens (tertiary/aromatic N) is 1. The molecule has 6 nitrogen and oxygen atoms in total. The number of aromatic amines is 1. The van der Waals surface area contributed by atoms with Gasteiger partial charge in [0.2, 0.25) is 0 Å². The van der Waals surface area contributed by atoms with E-state index in [1.807, 2.05) is 27.7 Å². The van der Waals surface area contributed by atoms with Crippen LogP contribution >= 0.6 is 11.8 Å². The minimum absolute atomic E-state index is 0.0632. The number of hydrogen-bond acceptors (Lipinski definition) is 6. The van der Waals surface area contributed by atoms with Crippen LogP contribution in [0.3, 0.4) is 0 Å². The molecule has 0 aromatic carbocycles. The SMILES string of the molecule is CC(C)COC(=O)CSc1nc(COC(C)C)cc(=O)[nH]1. The summed E-state index contributed by atoms with van der Waals surface area (Å²) >= 11 is 1.15. The monoisotopic (exact) mass is 314 g/mol. The van der Waals surface area contributed by atoms with Crippen LogP contribution in [0.1, 0.15) is 33.4 Å². The van der Waals surface area contributed by atoms with E-state index in [4.69, 9.17) is 9.47 Å². The van der Waals surface area contributed by atoms with Crippen molar-refractivity contribution < 1.29 is 14.3 Å². The van der Waals surface area contributed by atoms with E-state index >= 15 is 0 Å². The highest BCUT2D eigenvalue weighted by molar-refractivity contribution is 7.99. The van der Waals surface area contributed by atoms with Crippen LogP contribution < -0.4 is 5.56 Å². The molecule has 1 N–H and O–H groups in total. The van der Waals surface area contributed by atoms with Gasteiger partial charge in [0.1, 0.15) is 0 Å². The zero-order valence-electron chi connectivity index (χ0n) is 12.8. The van der Waals surface area contributed by atoms with Crippen LogP contribution in [-0.2, 0) is 20.9 Å². The minimum atomic E-state index is -0.319. The van der Waals surface area contributed by atoms with Gasteiger partial charge in [-0.3, -0.25) is 9.59 Å². The lowest BCUT2D eigenvalue weighted by atomic mass is 10.2. The van der Waals surface area contributed by atoms with E-state index in [1.54, 1.807) is 0 Å². The maximum Gasteiger partial charge on any atom is 0.316 e. The van der Waals surface area contributed by atoms with Crippen LogP contribution in [0.25, 0.3) is 0 Å². The molecule has 0 aliphatic heterocycles. The second-order valence-electron chi connectivity index (χ2n) is 5.27. The lowest BCUT2D eigenvalue weighted by Gasteiger charge is -2.08. The van der Waals surface area contributed by atoms with Crippen LogP contribution in [0.2, 0.25) is 0 Å². The molecule has 0 saturated carbocycles. The van der Waals surface area contributed by atoms with E-state index < -0.39 is 0 Å². The first-order valence-electron chi connectivity index (χ1n) is 6.87. The summed E-state index contributed by atoms with van der Waals surface area (Å²) in [6.45, 7) is 8.43. The number of ether oxygens (including phenoxy) is 2. The third-order valence-corrected chi connectivity index (χ3v) is 3.09. The summed E-state index contributed by atoms with van der Waals surface area (Å²) in [4.78, 5) is 29.9. The van der Waals surface area contributed by atoms with E-state index in [9.17, 15) is 9.59 Å². The van der Waals surface area contributed by atoms with Crippen LogP contribution in [0.4, 0.5) is 0 Å². The Bertz CT molecular complexity index is 514. The molecular weight excluding hydrogens is 292 g/mol. The summed E-state index contributed by atoms with van der Waals surface area (Å²) in [5, 5.41) is 0.395. The van der Waals surface area contributed by atoms with Gasteiger partial charge in [-0.05, 0) is 19.8 Å². The third kappa shape index (κ3) is 7.87. The highest BCUT2D eigenvalue weighted by atomic mass is 32.2. The van der Waals surface area contributed by atoms with Crippen molar-refractivity contribution in [1.82, 2.24) is 9.97 Å². The fourth-order valence-corrected chi connectivity index (χ4v) is 2.00. The van der Waals surface area contributed by atoms with Crippen LogP contribution in [0.5, 0.6) is 0 Å². The standard InChI is InChI=1S/C14H22N2O4S/c1-9(2)6-20-13(18)8-21-14-15-11(5-12(17)16-14)7-19-10(3)4/h5,9-10H,6-8H2,1-4H3,(H,15,16,17). The first-order valence-corrected chi connectivity index (χ1v) is 7.85. The lowest BCUT2D eigenvalue weighted by molar-refractivity contribution is -0.141. The number of rotatable bonds is 8. The van der Waals surface area contributed by atoms with E-state index in [0.29, 0.717) is 23.4 Å². The Morgan fingerprint density at radius 2 is 2.10 bits per heavy atom. The normalized spacial score (nSPS) is 11.1. The smallest absolute Gasteiger partial charge is 0.316 e. The van der Waals surface area contributed by atoms with Crippen LogP contribution in [0, 0.1) is 5.92 Å². The van der Waals surface area contributed by atoms with Gasteiger partial charge in [-0.2, -0.15) is 0 Å². The van der Waals surface area contributed by atoms with E-state index in [2.05, 4.69) is 9.97 Å². The van der Waals surface area contributed by atoms with Gasteiger partial charge >= 0.3 is 5.97 Å². The number of H-pyrrole nitrogens is 1. The van der Waals surface area contributed by atoms with Gasteiger partial charge in [0, 0.05) is 6.07 Å². The number of hydrogen-bond donors (Lipinski definition) is 1. The molecular formula is C14H22N2O4S. The third-order valence-electron chi connectivity index (χ3n) is 2.24. The average Bonchev–Trinajstić information content (AvgIpc) is 2.40. The molecule has 1 rings (SSSR count). The van der Waals surface area contributed by atoms with E-state index in [-0.39, 0.29) is 30.0 Å². The van der Waals surface area contributed by atoms with Gasteiger partial charge in [0.05, 0.1) is 30.8 Å². The first kappa shape index (κ1) is 17.7. The molecule has 0 atom stereocenters. The second-order valence-corrected chi connectivity index (χ2v) is 6.23. The molecule has 1 heterocycles. The predicted molar refractivity (Wildman–Crippen MR) is 81.3 cm³/mol. The molecule has 0 bridgehead atoms. The second kappa shape index (κ2) is 8.84. The Morgan fingerprint density at radius 3 is 2.71 bits per heavy atom. The van der Waals surface area contributed by atoms with Gasteiger partial charge in [-0.15, -0.1) is 0 Å². The van der Waals surface area contributed by atoms with Crippen molar-refractivity contribution >= 4 is 17.7 Å². The van der Waals surface area contributed by atoms with Gasteiger partial charge in [-0.25, -0.2) is 4.98 Å². The summed E-state index contributed by atoms with van der Waals surface area (Å²) in [6.07, 6.45) is 0.0632. The Balaban J connectivity index is 2.54. The van der Waals surface area contributed by atoms with Crippen molar-refractivity contribution in [2.24, 2.45) is 5.92 Å². The maximum absolute atomic E-state index is 11.5. The number of esters is 1. The molecule has 0 spiro atoms. The number of nitrogens with one attached hydrogen (secondary N) is 1. The van der Waals surface area contributed by atoms with E-state index in [0.717, 1.165) is 11.8 Å². The maximum atomic E-state index is 11.5. The van der Waals surface area contributed by atoms with Gasteiger partial charge in [0.25, 0.3) is 5.56 Å². The number of carbonyl (C=O) groups excluding carboxylic acids is 1. The van der Waals surface area contributed by atoms with E-state index in [1.165, 1.54) is 6.07 Å². The minimum Gasteiger partial charge on any atom is -0.465 e. The topological polar surface area (TPSA) is 81.3 Å². The first-order chi connectivity index (χ1) is 9.86. The Hall–Kier alpha value is -1.34. The summed E-state index contributed by atoms with van der Waals surface area (Å²) < 4.78 is 10.5. The summed E-state index contributed by atoms with van der Waals surface area (Å²) in [7, 11) is 0. The predicted octanol–water partition coefficient (Wildman–Crippen LogP) is 1.99. The molecule has 0 saturated heterocycles. The molecule has 1 aromatic heterocycles. The van der Waals surface area contributed by atoms with Crippen molar-refractivity contribution in [2.45, 2.75) is 45.6 Å². The molecule has 0 aliphatic carbocycles. The molecule has 0 aliphatic rings. The van der Waals surface area contributed by atoms with Gasteiger partial charge < -0.3 is 14.5 Å². The Morgan fingerprint density at radius 1 is 1.38 bits per heavy atom. The van der Waals surface area contributed by atoms with Gasteiger partial charge in [0.15, 0.2) is 5.16 Å². The zero-order valence-corrected chi connectivity index (χ0v) is 13.7. The quantitative estimate of drug-likeness (QED) is 0.449. The zero-order chi connectivity index (χ0) is 15.8. The lowest BCUT2D eigenvalue weighted by Crippen LogP contribution is -2.15. The number of thioether (sulfide) groups is 1. The van der Waals surface area contributed by atoms with Crippen molar-refractivity contribution in [3.63, 3.8) is 0 Å². The summed E-state index contributed by atoms with van der Waals surface area (Å²) in [6, 6.07) is 1.39.